The van der Waals surface area contributed by atoms with Gasteiger partial charge in [0.25, 0.3) is 0 Å². The van der Waals surface area contributed by atoms with Crippen LogP contribution >= 0.6 is 58.4 Å². The Morgan fingerprint density at radius 1 is 1.57 bits per heavy atom. The molecular weight excluding hydrogens is 294 g/mol. The number of hydrogen-bond acceptors (Lipinski definition) is 3. The number of halogens is 4. The van der Waals surface area contributed by atoms with Crippen LogP contribution in [-0.4, -0.2) is 22.6 Å². The summed E-state index contributed by atoms with van der Waals surface area (Å²) < 4.78 is -0.773. The first kappa shape index (κ1) is 12.4. The minimum Gasteiger partial charge on any atom is -0.493 e. The summed E-state index contributed by atoms with van der Waals surface area (Å²) in [7, 11) is 0. The molecule has 0 fully saturated rings. The third-order valence-electron chi connectivity index (χ3n) is 1.18. The largest absolute Gasteiger partial charge is 0.493 e. The normalized spacial score (nSPS) is 12.4. The lowest BCUT2D eigenvalue weighted by atomic mass is 10.9. The molecule has 0 unspecified atom stereocenters. The molecule has 0 spiro atoms. The molecule has 0 aliphatic carbocycles. The Balaban J connectivity index is 2.94. The number of nitrogens with one attached hydrogen (secondary N) is 1. The molecule has 0 saturated carbocycles. The van der Waals surface area contributed by atoms with Crippen LogP contribution in [-0.2, 0) is 0 Å². The van der Waals surface area contributed by atoms with E-state index in [9.17, 15) is 9.90 Å². The highest BCUT2D eigenvalue weighted by Crippen LogP contribution is 2.43. The Morgan fingerprint density at radius 3 is 2.50 bits per heavy atom. The Kier molecular flexibility index (Phi) is 3.94. The Hall–Kier alpha value is 0.320. The van der Waals surface area contributed by atoms with Crippen LogP contribution in [0.3, 0.4) is 0 Å². The van der Waals surface area contributed by atoms with Gasteiger partial charge in [-0.05, 0) is 0 Å². The highest BCUT2D eigenvalue weighted by atomic mass is 35.5. The maximum Gasteiger partial charge on any atom is 0.338 e. The zero-order valence-electron chi connectivity index (χ0n) is 6.38. The lowest BCUT2D eigenvalue weighted by Crippen LogP contribution is -2.23. The van der Waals surface area contributed by atoms with E-state index >= 15 is 0 Å². The van der Waals surface area contributed by atoms with Crippen LogP contribution in [0, 0.1) is 0 Å². The second kappa shape index (κ2) is 4.45. The number of alkyl halides is 4. The summed E-state index contributed by atoms with van der Waals surface area (Å²) in [5, 5.41) is 9.18. The molecule has 0 aliphatic heterocycles. The summed E-state index contributed by atoms with van der Waals surface area (Å²) in [5.74, 6) is -0.320. The lowest BCUT2D eigenvalue weighted by Gasteiger charge is -2.19. The average Bonchev–Trinajstić information content (AvgIpc) is 2.35. The minimum absolute atomic E-state index is 0.320. The number of aromatic nitrogens is 2. The highest BCUT2D eigenvalue weighted by molar-refractivity contribution is 8.02. The number of aromatic hydroxyl groups is 1. The molecule has 2 N–H and O–H groups in total. The van der Waals surface area contributed by atoms with Crippen molar-refractivity contribution in [2.24, 2.45) is 0 Å². The molecule has 80 valence electrons. The molecule has 0 bridgehead atoms. The molecule has 1 heterocycles. The van der Waals surface area contributed by atoms with Crippen LogP contribution in [0.5, 0.6) is 5.88 Å². The first-order valence-corrected chi connectivity index (χ1v) is 5.59. The van der Waals surface area contributed by atoms with Crippen LogP contribution in [0.1, 0.15) is 0 Å². The van der Waals surface area contributed by atoms with Crippen LogP contribution in [0.4, 0.5) is 0 Å². The van der Waals surface area contributed by atoms with Gasteiger partial charge in [0.2, 0.25) is 9.55 Å². The van der Waals surface area contributed by atoms with Crippen molar-refractivity contribution in [2.75, 3.05) is 0 Å². The van der Waals surface area contributed by atoms with Crippen LogP contribution in [0.25, 0.3) is 0 Å². The van der Waals surface area contributed by atoms with Crippen LogP contribution < -0.4 is 5.69 Å². The van der Waals surface area contributed by atoms with Gasteiger partial charge in [-0.15, -0.1) is 23.2 Å². The van der Waals surface area contributed by atoms with Gasteiger partial charge in [-0.2, -0.15) is 0 Å². The zero-order chi connectivity index (χ0) is 10.9. The predicted octanol–water partition coefficient (Wildman–Crippen LogP) is 2.31. The van der Waals surface area contributed by atoms with E-state index in [0.717, 1.165) is 10.2 Å². The number of rotatable bonds is 3. The van der Waals surface area contributed by atoms with Crippen molar-refractivity contribution in [3.05, 3.63) is 16.7 Å². The van der Waals surface area contributed by atoms with E-state index in [1.54, 1.807) is 0 Å². The van der Waals surface area contributed by atoms with Crippen molar-refractivity contribution < 1.29 is 5.11 Å². The molecule has 4 nitrogen and oxygen atoms in total. The van der Waals surface area contributed by atoms with Gasteiger partial charge in [0.1, 0.15) is 0 Å². The third kappa shape index (κ3) is 2.67. The smallest absolute Gasteiger partial charge is 0.338 e. The molecular formula is C5H4Cl4N2O2S. The molecule has 9 heteroatoms. The number of nitrogens with zero attached hydrogens (tertiary/aromatic N) is 1. The van der Waals surface area contributed by atoms with E-state index in [1.165, 1.54) is 0 Å². The maximum absolute atomic E-state index is 11.1. The summed E-state index contributed by atoms with van der Waals surface area (Å²) in [6.45, 7) is 0. The van der Waals surface area contributed by atoms with E-state index < -0.39 is 14.2 Å². The van der Waals surface area contributed by atoms with Gasteiger partial charge in [-0.25, -0.2) is 8.77 Å². The summed E-state index contributed by atoms with van der Waals surface area (Å²) in [6, 6.07) is 0. The number of imidazole rings is 1. The fourth-order valence-electron chi connectivity index (χ4n) is 0.597. The summed E-state index contributed by atoms with van der Waals surface area (Å²) >= 11 is 22.9. The van der Waals surface area contributed by atoms with Gasteiger partial charge in [-0.3, -0.25) is 0 Å². The highest BCUT2D eigenvalue weighted by Gasteiger charge is 2.35. The monoisotopic (exact) mass is 296 g/mol. The zero-order valence-corrected chi connectivity index (χ0v) is 10.2. The molecule has 0 aliphatic rings. The van der Waals surface area contributed by atoms with Gasteiger partial charge in [0.15, 0.2) is 4.84 Å². The number of H-pyrrole nitrogens is 1. The van der Waals surface area contributed by atoms with Crippen molar-refractivity contribution in [3.63, 3.8) is 0 Å². The van der Waals surface area contributed by atoms with Crippen molar-refractivity contribution in [1.82, 2.24) is 8.96 Å². The molecule has 0 radical (unpaired) electrons. The van der Waals surface area contributed by atoms with E-state index in [1.807, 2.05) is 0 Å². The standard InChI is InChI=1S/C5H4Cl4N2O2S/c6-3(7)5(8,9)14-11-2(12)1-10-4(11)13/h1,3,12H,(H,10,13). The Labute approximate surface area is 103 Å². The van der Waals surface area contributed by atoms with Gasteiger partial charge in [0, 0.05) is 11.9 Å². The Bertz CT molecular complexity index is 374. The average molecular weight is 298 g/mol. The van der Waals surface area contributed by atoms with E-state index in [4.69, 9.17) is 46.4 Å². The number of aromatic amines is 1. The summed E-state index contributed by atoms with van der Waals surface area (Å²) in [5.41, 5.74) is -0.577. The van der Waals surface area contributed by atoms with Crippen LogP contribution in [0.2, 0.25) is 0 Å². The third-order valence-corrected chi connectivity index (χ3v) is 4.41. The second-order valence-electron chi connectivity index (χ2n) is 2.20. The van der Waals surface area contributed by atoms with Gasteiger partial charge >= 0.3 is 5.69 Å². The molecule has 14 heavy (non-hydrogen) atoms. The topological polar surface area (TPSA) is 58.0 Å². The van der Waals surface area contributed by atoms with Crippen molar-refractivity contribution in [3.8, 4) is 5.88 Å². The minimum atomic E-state index is -1.62. The van der Waals surface area contributed by atoms with Gasteiger partial charge < -0.3 is 10.1 Å². The fraction of sp³-hybridized carbons (Fsp3) is 0.400. The SMILES string of the molecule is O=c1[nH]cc(O)n1SC(Cl)(Cl)C(Cl)Cl. The summed E-state index contributed by atoms with van der Waals surface area (Å²) in [4.78, 5) is 12.2. The molecule has 1 aromatic rings. The van der Waals surface area contributed by atoms with E-state index in [2.05, 4.69) is 4.98 Å². The Morgan fingerprint density at radius 2 is 2.14 bits per heavy atom. The molecule has 0 amide bonds. The fourth-order valence-corrected chi connectivity index (χ4v) is 1.86. The van der Waals surface area contributed by atoms with Gasteiger partial charge in [0.05, 0.1) is 6.20 Å². The predicted molar refractivity (Wildman–Crippen MR) is 59.6 cm³/mol. The van der Waals surface area contributed by atoms with Gasteiger partial charge in [-0.1, -0.05) is 23.2 Å². The van der Waals surface area contributed by atoms with Crippen molar-refractivity contribution >= 4 is 58.4 Å². The lowest BCUT2D eigenvalue weighted by molar-refractivity contribution is 0.450. The molecule has 0 atom stereocenters. The molecule has 0 saturated heterocycles. The van der Waals surface area contributed by atoms with Crippen LogP contribution in [0.15, 0.2) is 11.0 Å². The number of hydrogen-bond donors (Lipinski definition) is 2. The van der Waals surface area contributed by atoms with Crippen molar-refractivity contribution in [2.45, 2.75) is 8.50 Å². The molecule has 1 rings (SSSR count). The first-order valence-electron chi connectivity index (χ1n) is 3.19. The van der Waals surface area contributed by atoms with E-state index in [0.29, 0.717) is 11.9 Å². The first-order chi connectivity index (χ1) is 6.34. The molecule has 1 aromatic heterocycles. The van der Waals surface area contributed by atoms with E-state index in [-0.39, 0.29) is 5.88 Å². The molecule has 0 aromatic carbocycles. The quantitative estimate of drug-likeness (QED) is 0.842. The summed E-state index contributed by atoms with van der Waals surface area (Å²) in [6.07, 6.45) is 1.09. The maximum atomic E-state index is 11.1. The second-order valence-corrected chi connectivity index (χ2v) is 6.32. The van der Waals surface area contributed by atoms with Crippen molar-refractivity contribution in [1.29, 1.82) is 0 Å².